The molecule has 1 aliphatic carbocycles. The van der Waals surface area contributed by atoms with Crippen molar-refractivity contribution in [2.45, 2.75) is 38.1 Å². The number of pyridine rings is 1. The fourth-order valence-electron chi connectivity index (χ4n) is 4.51. The molecule has 3 aromatic rings. The molecule has 2 aromatic carbocycles. The minimum Gasteiger partial charge on any atom is -0.497 e. The molecule has 1 aliphatic rings. The second-order valence-electron chi connectivity index (χ2n) is 9.64. The van der Waals surface area contributed by atoms with Gasteiger partial charge in [-0.25, -0.2) is 4.98 Å². The van der Waals surface area contributed by atoms with Gasteiger partial charge in [0.2, 0.25) is 5.91 Å². The molecular formula is C29H29N3O3S. The quantitative estimate of drug-likeness (QED) is 0.427. The van der Waals surface area contributed by atoms with Gasteiger partial charge in [0.1, 0.15) is 16.8 Å². The average molecular weight is 500 g/mol. The van der Waals surface area contributed by atoms with Crippen molar-refractivity contribution < 1.29 is 14.3 Å². The molecule has 0 unspecified atom stereocenters. The van der Waals surface area contributed by atoms with Gasteiger partial charge in [0.05, 0.1) is 24.1 Å². The molecule has 0 atom stereocenters. The Morgan fingerprint density at radius 1 is 1.11 bits per heavy atom. The van der Waals surface area contributed by atoms with Crippen LogP contribution in [0.25, 0.3) is 11.1 Å². The number of hydrogen-bond donors (Lipinski definition) is 1. The van der Waals surface area contributed by atoms with Crippen molar-refractivity contribution in [2.24, 2.45) is 5.41 Å². The highest BCUT2D eigenvalue weighted by Crippen LogP contribution is 2.42. The number of Topliss-reactive ketones (excluding diaryl/α,β-unsaturated/α-hetero) is 1. The number of ketones is 1. The highest BCUT2D eigenvalue weighted by atomic mass is 32.2. The monoisotopic (exact) mass is 499 g/mol. The number of rotatable bonds is 8. The summed E-state index contributed by atoms with van der Waals surface area (Å²) in [6.07, 6.45) is 1.77. The maximum atomic E-state index is 13.3. The Bertz CT molecular complexity index is 1310. The van der Waals surface area contributed by atoms with E-state index in [0.717, 1.165) is 17.5 Å². The van der Waals surface area contributed by atoms with Gasteiger partial charge in [0.25, 0.3) is 0 Å². The highest BCUT2D eigenvalue weighted by molar-refractivity contribution is 8.00. The summed E-state index contributed by atoms with van der Waals surface area (Å²) < 4.78 is 5.28. The van der Waals surface area contributed by atoms with Gasteiger partial charge < -0.3 is 10.1 Å². The van der Waals surface area contributed by atoms with Crippen LogP contribution in [0.4, 0.5) is 0 Å². The molecule has 1 aromatic heterocycles. The van der Waals surface area contributed by atoms with Crippen LogP contribution < -0.4 is 10.1 Å². The Hall–Kier alpha value is -3.63. The number of benzene rings is 2. The Labute approximate surface area is 216 Å². The maximum absolute atomic E-state index is 13.3. The minimum atomic E-state index is -0.223. The summed E-state index contributed by atoms with van der Waals surface area (Å²) in [6.45, 7) is 4.63. The molecule has 0 saturated carbocycles. The topological polar surface area (TPSA) is 92.1 Å². The normalized spacial score (nSPS) is 14.0. The highest BCUT2D eigenvalue weighted by Gasteiger charge is 2.36. The van der Waals surface area contributed by atoms with E-state index in [2.05, 4.69) is 11.4 Å². The van der Waals surface area contributed by atoms with Crippen LogP contribution in [-0.4, -0.2) is 36.1 Å². The van der Waals surface area contributed by atoms with Crippen LogP contribution in [0.5, 0.6) is 5.75 Å². The zero-order chi connectivity index (χ0) is 25.7. The minimum absolute atomic E-state index is 0.00808. The number of fused-ring (bicyclic) bond motifs is 1. The van der Waals surface area contributed by atoms with Gasteiger partial charge in [-0.1, -0.05) is 68.1 Å². The number of thioether (sulfide) groups is 1. The van der Waals surface area contributed by atoms with Crippen molar-refractivity contribution >= 4 is 23.5 Å². The number of carbonyl (C=O) groups is 2. The lowest BCUT2D eigenvalue weighted by molar-refractivity contribution is -0.118. The van der Waals surface area contributed by atoms with E-state index >= 15 is 0 Å². The lowest BCUT2D eigenvalue weighted by Gasteiger charge is -2.31. The lowest BCUT2D eigenvalue weighted by Crippen LogP contribution is -2.29. The van der Waals surface area contributed by atoms with Crippen LogP contribution in [0.2, 0.25) is 0 Å². The number of nitrogens with zero attached hydrogens (tertiary/aromatic N) is 2. The maximum Gasteiger partial charge on any atom is 0.230 e. The van der Waals surface area contributed by atoms with Gasteiger partial charge in [-0.2, -0.15) is 5.26 Å². The summed E-state index contributed by atoms with van der Waals surface area (Å²) in [5.41, 5.74) is 3.82. The Morgan fingerprint density at radius 3 is 2.50 bits per heavy atom. The second-order valence-corrected chi connectivity index (χ2v) is 10.6. The lowest BCUT2D eigenvalue weighted by atomic mass is 9.73. The summed E-state index contributed by atoms with van der Waals surface area (Å²) in [5, 5.41) is 13.6. The number of aromatic nitrogens is 1. The van der Waals surface area contributed by atoms with E-state index < -0.39 is 0 Å². The van der Waals surface area contributed by atoms with Gasteiger partial charge in [-0.15, -0.1) is 0 Å². The largest absolute Gasteiger partial charge is 0.497 e. The van der Waals surface area contributed by atoms with Gasteiger partial charge in [-0.05, 0) is 41.5 Å². The summed E-state index contributed by atoms with van der Waals surface area (Å²) in [4.78, 5) is 30.6. The Morgan fingerprint density at radius 2 is 1.83 bits per heavy atom. The third-order valence-corrected chi connectivity index (χ3v) is 7.19. The number of nitriles is 1. The number of carbonyl (C=O) groups excluding carboxylic acids is 2. The average Bonchev–Trinajstić information content (AvgIpc) is 2.86. The van der Waals surface area contributed by atoms with Gasteiger partial charge >= 0.3 is 0 Å². The first kappa shape index (κ1) is 25.5. The molecule has 0 spiro atoms. The van der Waals surface area contributed by atoms with E-state index in [1.54, 1.807) is 7.11 Å². The number of ether oxygens (including phenoxy) is 1. The van der Waals surface area contributed by atoms with Crippen molar-refractivity contribution in [3.05, 3.63) is 77.0 Å². The van der Waals surface area contributed by atoms with Crippen LogP contribution >= 0.6 is 11.8 Å². The van der Waals surface area contributed by atoms with E-state index in [1.807, 2.05) is 68.4 Å². The van der Waals surface area contributed by atoms with Crippen LogP contribution in [0, 0.1) is 16.7 Å². The zero-order valence-corrected chi connectivity index (χ0v) is 21.6. The van der Waals surface area contributed by atoms with Crippen molar-refractivity contribution in [3.8, 4) is 22.9 Å². The van der Waals surface area contributed by atoms with Crippen molar-refractivity contribution in [1.29, 1.82) is 5.26 Å². The smallest absolute Gasteiger partial charge is 0.230 e. The van der Waals surface area contributed by atoms with E-state index in [1.165, 1.54) is 11.8 Å². The predicted molar refractivity (Wildman–Crippen MR) is 141 cm³/mol. The van der Waals surface area contributed by atoms with Crippen LogP contribution in [0.1, 0.15) is 47.4 Å². The van der Waals surface area contributed by atoms with Crippen molar-refractivity contribution in [3.63, 3.8) is 0 Å². The number of methoxy groups -OCH3 is 1. The molecular weight excluding hydrogens is 470 g/mol. The molecule has 6 nitrogen and oxygen atoms in total. The molecule has 0 saturated heterocycles. The molecule has 1 N–H and O–H groups in total. The predicted octanol–water partition coefficient (Wildman–Crippen LogP) is 5.23. The third-order valence-electron chi connectivity index (χ3n) is 6.21. The molecule has 0 aliphatic heterocycles. The van der Waals surface area contributed by atoms with Gasteiger partial charge in [-0.3, -0.25) is 9.59 Å². The van der Waals surface area contributed by atoms with Crippen LogP contribution in [-0.2, 0) is 17.6 Å². The molecule has 184 valence electrons. The van der Waals surface area contributed by atoms with E-state index in [-0.39, 0.29) is 22.9 Å². The summed E-state index contributed by atoms with van der Waals surface area (Å²) in [5.74, 6) is 0.691. The molecule has 7 heteroatoms. The van der Waals surface area contributed by atoms with Crippen molar-refractivity contribution in [2.75, 3.05) is 19.4 Å². The number of nitrogens with one attached hydrogen (secondary N) is 1. The number of amides is 1. The molecule has 4 rings (SSSR count). The molecule has 1 heterocycles. The number of hydrogen-bond acceptors (Lipinski definition) is 6. The zero-order valence-electron chi connectivity index (χ0n) is 20.8. The molecule has 1 amide bonds. The fraction of sp³-hybridized carbons (Fsp3) is 0.310. The van der Waals surface area contributed by atoms with Gasteiger partial charge in [0.15, 0.2) is 5.78 Å². The Balaban J connectivity index is 1.62. The fourth-order valence-corrected chi connectivity index (χ4v) is 5.34. The molecule has 0 bridgehead atoms. The molecule has 0 radical (unpaired) electrons. The second kappa shape index (κ2) is 11.0. The van der Waals surface area contributed by atoms with Crippen LogP contribution in [0.3, 0.4) is 0 Å². The van der Waals surface area contributed by atoms with E-state index in [0.29, 0.717) is 52.5 Å². The van der Waals surface area contributed by atoms with Crippen LogP contribution in [0.15, 0.2) is 59.6 Å². The summed E-state index contributed by atoms with van der Waals surface area (Å²) in [7, 11) is 1.59. The first-order valence-corrected chi connectivity index (χ1v) is 12.9. The third kappa shape index (κ3) is 5.77. The summed E-state index contributed by atoms with van der Waals surface area (Å²) in [6, 6.07) is 19.6. The molecule has 0 fully saturated rings. The standard InChI is InChI=1S/C29H29N3O3S/c1-29(2)15-23-27(24(33)16-29)26(20-9-11-21(35-3)12-10-20)22(17-30)28(32-23)36-18-25(34)31-14-13-19-7-5-4-6-8-19/h4-12H,13-16,18H2,1-3H3,(H,31,34). The van der Waals surface area contributed by atoms with Crippen molar-refractivity contribution in [1.82, 2.24) is 10.3 Å². The first-order chi connectivity index (χ1) is 17.3. The Kier molecular flexibility index (Phi) is 7.76. The molecule has 36 heavy (non-hydrogen) atoms. The van der Waals surface area contributed by atoms with E-state index in [4.69, 9.17) is 9.72 Å². The van der Waals surface area contributed by atoms with Gasteiger partial charge in [0, 0.05) is 24.1 Å². The first-order valence-electron chi connectivity index (χ1n) is 11.9. The summed E-state index contributed by atoms with van der Waals surface area (Å²) >= 11 is 1.24. The van der Waals surface area contributed by atoms with E-state index in [9.17, 15) is 14.9 Å². The SMILES string of the molecule is COc1ccc(-c2c(C#N)c(SCC(=O)NCCc3ccccc3)nc3c2C(=O)CC(C)(C)C3)cc1.